The molecule has 2 rings (SSSR count). The average Bonchev–Trinajstić information content (AvgIpc) is 2.45. The van der Waals surface area contributed by atoms with Crippen molar-refractivity contribution < 1.29 is 4.39 Å². The van der Waals surface area contributed by atoms with E-state index in [9.17, 15) is 4.39 Å². The average molecular weight is 342 g/mol. The van der Waals surface area contributed by atoms with Gasteiger partial charge >= 0.3 is 0 Å². The van der Waals surface area contributed by atoms with Gasteiger partial charge in [-0.1, -0.05) is 36.2 Å². The number of benzene rings is 1. The monoisotopic (exact) mass is 341 g/mol. The Kier molecular flexibility index (Phi) is 6.03. The van der Waals surface area contributed by atoms with Gasteiger partial charge in [-0.25, -0.2) is 4.39 Å². The highest BCUT2D eigenvalue weighted by Crippen LogP contribution is 2.34. The maximum Gasteiger partial charge on any atom is 0.126 e. The van der Waals surface area contributed by atoms with Gasteiger partial charge in [0.25, 0.3) is 0 Å². The molecule has 0 bridgehead atoms. The topological polar surface area (TPSA) is 12.0 Å². The molecule has 1 nitrogen and oxygen atoms in total. The summed E-state index contributed by atoms with van der Waals surface area (Å²) in [5, 5.41) is 3.60. The summed E-state index contributed by atoms with van der Waals surface area (Å²) in [5.74, 6) is 1.30. The van der Waals surface area contributed by atoms with Crippen LogP contribution in [0.5, 0.6) is 0 Å². The fourth-order valence-electron chi connectivity index (χ4n) is 3.47. The minimum Gasteiger partial charge on any atom is -0.314 e. The summed E-state index contributed by atoms with van der Waals surface area (Å²) in [7, 11) is 0. The summed E-state index contributed by atoms with van der Waals surface area (Å²) in [6, 6.07) is 5.83. The third-order valence-electron chi connectivity index (χ3n) is 4.62. The maximum absolute atomic E-state index is 14.0. The van der Waals surface area contributed by atoms with Crippen molar-refractivity contribution in [2.75, 3.05) is 6.54 Å². The van der Waals surface area contributed by atoms with Crippen molar-refractivity contribution in [3.63, 3.8) is 0 Å². The summed E-state index contributed by atoms with van der Waals surface area (Å²) in [6.45, 7) is 5.43. The van der Waals surface area contributed by atoms with Gasteiger partial charge in [0, 0.05) is 10.5 Å². The van der Waals surface area contributed by atoms with Crippen LogP contribution in [0, 0.1) is 17.7 Å². The fraction of sp³-hybridized carbons (Fsp3) is 0.647. The van der Waals surface area contributed by atoms with Gasteiger partial charge < -0.3 is 5.32 Å². The Hall–Kier alpha value is -0.410. The first-order chi connectivity index (χ1) is 9.63. The highest BCUT2D eigenvalue weighted by Gasteiger charge is 2.29. The smallest absolute Gasteiger partial charge is 0.126 e. The minimum atomic E-state index is -0.0675. The van der Waals surface area contributed by atoms with E-state index in [2.05, 4.69) is 35.1 Å². The molecule has 3 unspecified atom stereocenters. The van der Waals surface area contributed by atoms with Crippen molar-refractivity contribution in [3.8, 4) is 0 Å². The van der Waals surface area contributed by atoms with Crippen molar-refractivity contribution in [1.29, 1.82) is 0 Å². The first-order valence-corrected chi connectivity index (χ1v) is 8.60. The molecular formula is C17H25BrFN. The molecule has 20 heavy (non-hydrogen) atoms. The third kappa shape index (κ3) is 4.05. The number of hydrogen-bond acceptors (Lipinski definition) is 1. The predicted octanol–water partition coefficient (Wildman–Crippen LogP) is 4.94. The van der Waals surface area contributed by atoms with E-state index >= 15 is 0 Å². The molecule has 3 atom stereocenters. The summed E-state index contributed by atoms with van der Waals surface area (Å²) in [4.78, 5) is 0. The molecule has 1 aromatic carbocycles. The van der Waals surface area contributed by atoms with Gasteiger partial charge in [-0.3, -0.25) is 0 Å². The Bertz CT molecular complexity index is 435. The lowest BCUT2D eigenvalue weighted by Crippen LogP contribution is -2.41. The zero-order valence-corrected chi connectivity index (χ0v) is 14.0. The van der Waals surface area contributed by atoms with Gasteiger partial charge in [0.2, 0.25) is 0 Å². The van der Waals surface area contributed by atoms with Gasteiger partial charge in [0.1, 0.15) is 5.82 Å². The van der Waals surface area contributed by atoms with E-state index in [1.54, 1.807) is 12.1 Å². The lowest BCUT2D eigenvalue weighted by molar-refractivity contribution is 0.199. The molecule has 112 valence electrons. The number of hydrogen-bond donors (Lipinski definition) is 1. The highest BCUT2D eigenvalue weighted by atomic mass is 79.9. The Labute approximate surface area is 130 Å². The highest BCUT2D eigenvalue weighted by molar-refractivity contribution is 9.10. The molecule has 3 heteroatoms. The molecular weight excluding hydrogens is 317 g/mol. The summed E-state index contributed by atoms with van der Waals surface area (Å²) in [5.41, 5.74) is 0.851. The van der Waals surface area contributed by atoms with E-state index in [0.29, 0.717) is 12.0 Å². The van der Waals surface area contributed by atoms with Gasteiger partial charge in [-0.15, -0.1) is 0 Å². The number of rotatable bonds is 5. The van der Waals surface area contributed by atoms with Crippen LogP contribution in [-0.2, 0) is 6.42 Å². The Morgan fingerprint density at radius 3 is 2.80 bits per heavy atom. The standard InChI is InChI=1S/C17H25BrFN/c1-3-12-5-8-17(20-4-2)14(9-12)10-13-11-15(18)6-7-16(13)19/h6-7,11-12,14,17,20H,3-5,8-10H2,1-2H3. The van der Waals surface area contributed by atoms with Crippen molar-refractivity contribution in [2.24, 2.45) is 11.8 Å². The summed E-state index contributed by atoms with van der Waals surface area (Å²) in [6.07, 6.45) is 5.86. The SMILES string of the molecule is CCNC1CCC(CC)CC1Cc1cc(Br)ccc1F. The second-order valence-corrected chi connectivity index (χ2v) is 6.87. The summed E-state index contributed by atoms with van der Waals surface area (Å²) < 4.78 is 14.9. The first-order valence-electron chi connectivity index (χ1n) is 7.81. The van der Waals surface area contributed by atoms with Crippen molar-refractivity contribution in [1.82, 2.24) is 5.32 Å². The van der Waals surface area contributed by atoms with Crippen LogP contribution in [0.1, 0.15) is 45.1 Å². The van der Waals surface area contributed by atoms with Crippen LogP contribution in [0.25, 0.3) is 0 Å². The van der Waals surface area contributed by atoms with E-state index < -0.39 is 0 Å². The molecule has 1 aliphatic carbocycles. The Morgan fingerprint density at radius 2 is 2.10 bits per heavy atom. The lowest BCUT2D eigenvalue weighted by Gasteiger charge is -2.36. The molecule has 0 spiro atoms. The maximum atomic E-state index is 14.0. The minimum absolute atomic E-state index is 0.0675. The van der Waals surface area contributed by atoms with Crippen LogP contribution in [0.3, 0.4) is 0 Å². The zero-order chi connectivity index (χ0) is 14.5. The molecule has 0 heterocycles. The molecule has 0 radical (unpaired) electrons. The van der Waals surface area contributed by atoms with Gasteiger partial charge in [-0.2, -0.15) is 0 Å². The normalized spacial score (nSPS) is 26.7. The lowest BCUT2D eigenvalue weighted by atomic mass is 9.74. The van der Waals surface area contributed by atoms with Crippen molar-refractivity contribution >= 4 is 15.9 Å². The van der Waals surface area contributed by atoms with Crippen molar-refractivity contribution in [2.45, 2.75) is 52.0 Å². The van der Waals surface area contributed by atoms with Crippen molar-refractivity contribution in [3.05, 3.63) is 34.1 Å². The van der Waals surface area contributed by atoms with Crippen LogP contribution in [0.4, 0.5) is 4.39 Å². The van der Waals surface area contributed by atoms with Crippen LogP contribution >= 0.6 is 15.9 Å². The molecule has 1 saturated carbocycles. The third-order valence-corrected chi connectivity index (χ3v) is 5.12. The molecule has 0 saturated heterocycles. The van der Waals surface area contributed by atoms with Crippen LogP contribution in [0.15, 0.2) is 22.7 Å². The van der Waals surface area contributed by atoms with E-state index in [0.717, 1.165) is 28.9 Å². The summed E-state index contributed by atoms with van der Waals surface area (Å²) >= 11 is 3.45. The first kappa shape index (κ1) is 16.0. The van der Waals surface area contributed by atoms with Gasteiger partial charge in [0.05, 0.1) is 0 Å². The Morgan fingerprint density at radius 1 is 1.30 bits per heavy atom. The molecule has 1 aromatic rings. The van der Waals surface area contributed by atoms with Gasteiger partial charge in [-0.05, 0) is 67.8 Å². The molecule has 0 aromatic heterocycles. The van der Waals surface area contributed by atoms with Crippen LogP contribution < -0.4 is 5.32 Å². The van der Waals surface area contributed by atoms with Crippen LogP contribution in [-0.4, -0.2) is 12.6 Å². The number of nitrogens with one attached hydrogen (secondary N) is 1. The second-order valence-electron chi connectivity index (χ2n) is 5.95. The second kappa shape index (κ2) is 7.56. The van der Waals surface area contributed by atoms with E-state index in [1.807, 2.05) is 6.07 Å². The molecule has 1 N–H and O–H groups in total. The quantitative estimate of drug-likeness (QED) is 0.800. The predicted molar refractivity (Wildman–Crippen MR) is 86.4 cm³/mol. The largest absolute Gasteiger partial charge is 0.314 e. The molecule has 0 amide bonds. The van der Waals surface area contributed by atoms with E-state index in [4.69, 9.17) is 0 Å². The zero-order valence-electron chi connectivity index (χ0n) is 12.5. The fourth-order valence-corrected chi connectivity index (χ4v) is 3.88. The molecule has 0 aliphatic heterocycles. The van der Waals surface area contributed by atoms with E-state index in [-0.39, 0.29) is 5.82 Å². The Balaban J connectivity index is 2.11. The van der Waals surface area contributed by atoms with Gasteiger partial charge in [0.15, 0.2) is 0 Å². The molecule has 1 fully saturated rings. The van der Waals surface area contributed by atoms with E-state index in [1.165, 1.54) is 25.7 Å². The van der Waals surface area contributed by atoms with Crippen LogP contribution in [0.2, 0.25) is 0 Å². The molecule has 1 aliphatic rings. The number of halogens is 2.